The van der Waals surface area contributed by atoms with E-state index in [2.05, 4.69) is 15.2 Å². The Labute approximate surface area is 205 Å². The molecule has 0 aromatic heterocycles. The van der Waals surface area contributed by atoms with Gasteiger partial charge >= 0.3 is 5.97 Å². The molecule has 2 rings (SSSR count). The van der Waals surface area contributed by atoms with Crippen molar-refractivity contribution < 1.29 is 14.3 Å². The fourth-order valence-corrected chi connectivity index (χ4v) is 3.80. The molecule has 0 bridgehead atoms. The zero-order chi connectivity index (χ0) is 21.2. The summed E-state index contributed by atoms with van der Waals surface area (Å²) in [6, 6.07) is 7.75. The van der Waals surface area contributed by atoms with Gasteiger partial charge in [-0.05, 0) is 37.1 Å². The first-order chi connectivity index (χ1) is 13.9. The van der Waals surface area contributed by atoms with Gasteiger partial charge in [-0.25, -0.2) is 4.99 Å². The van der Waals surface area contributed by atoms with Crippen LogP contribution in [-0.2, 0) is 14.3 Å². The van der Waals surface area contributed by atoms with E-state index in [1.807, 2.05) is 24.3 Å². The molecule has 1 aromatic carbocycles. The number of aliphatic imine (C=N–C) groups is 1. The molecule has 1 heterocycles. The molecular weight excluding hydrogens is 539 g/mol. The Morgan fingerprint density at radius 3 is 2.47 bits per heavy atom. The van der Waals surface area contributed by atoms with Crippen LogP contribution in [-0.4, -0.2) is 80.8 Å². The number of hydrogen-bond donors (Lipinski definition) is 1. The Balaban J connectivity index is 0.00000450. The minimum atomic E-state index is -0.154. The molecule has 0 unspecified atom stereocenters. The molecule has 1 amide bonds. The number of thioether (sulfide) groups is 1. The van der Waals surface area contributed by atoms with E-state index in [-0.39, 0.29) is 48.3 Å². The largest absolute Gasteiger partial charge is 0.469 e. The molecule has 1 fully saturated rings. The van der Waals surface area contributed by atoms with E-state index in [9.17, 15) is 9.59 Å². The smallest absolute Gasteiger partial charge is 0.308 e. The Kier molecular flexibility index (Phi) is 12.5. The number of carbonyl (C=O) groups excluding carboxylic acids is 2. The zero-order valence-corrected chi connectivity index (χ0v) is 21.5. The van der Waals surface area contributed by atoms with Crippen LogP contribution in [0.4, 0.5) is 0 Å². The maximum Gasteiger partial charge on any atom is 0.308 e. The topological polar surface area (TPSA) is 74.2 Å². The molecule has 0 aliphatic carbocycles. The summed E-state index contributed by atoms with van der Waals surface area (Å²) in [4.78, 5) is 33.0. The molecule has 1 aliphatic rings. The quantitative estimate of drug-likeness (QED) is 0.136. The second-order valence-corrected chi connectivity index (χ2v) is 8.55. The number of esters is 1. The molecule has 1 saturated heterocycles. The summed E-state index contributed by atoms with van der Waals surface area (Å²) in [5.41, 5.74) is 0. The van der Waals surface area contributed by atoms with E-state index in [0.717, 1.165) is 15.7 Å². The second kappa shape index (κ2) is 14.0. The summed E-state index contributed by atoms with van der Waals surface area (Å²) < 4.78 is 4.86. The number of likely N-dealkylation sites (tertiary alicyclic amines) is 1. The standard InChI is InChI=1S/C20H29ClN4O3S.HI/c1-24(2)18(26)14-23-20(25-11-8-15(9-12-25)19(27)28-3)22-10-13-29-17-6-4-16(21)5-7-17;/h4-7,15H,8-14H2,1-3H3,(H,22,23);1H. The lowest BCUT2D eigenvalue weighted by Gasteiger charge is -2.33. The third-order valence-electron chi connectivity index (χ3n) is 4.66. The highest BCUT2D eigenvalue weighted by molar-refractivity contribution is 14.0. The van der Waals surface area contributed by atoms with Crippen LogP contribution in [0, 0.1) is 5.92 Å². The molecule has 0 radical (unpaired) electrons. The van der Waals surface area contributed by atoms with Gasteiger partial charge < -0.3 is 19.9 Å². The van der Waals surface area contributed by atoms with Crippen molar-refractivity contribution in [3.8, 4) is 0 Å². The van der Waals surface area contributed by atoms with Crippen molar-refractivity contribution in [3.05, 3.63) is 29.3 Å². The van der Waals surface area contributed by atoms with Gasteiger partial charge in [0.1, 0.15) is 6.54 Å². The highest BCUT2D eigenvalue weighted by atomic mass is 127. The summed E-state index contributed by atoms with van der Waals surface area (Å²) in [6.45, 7) is 2.20. The first kappa shape index (κ1) is 26.8. The summed E-state index contributed by atoms with van der Waals surface area (Å²) in [5.74, 6) is 1.28. The molecule has 1 N–H and O–H groups in total. The Morgan fingerprint density at radius 1 is 1.27 bits per heavy atom. The van der Waals surface area contributed by atoms with Crippen LogP contribution in [0.2, 0.25) is 5.02 Å². The third-order valence-corrected chi connectivity index (χ3v) is 5.93. The summed E-state index contributed by atoms with van der Waals surface area (Å²) in [5, 5.41) is 4.09. The monoisotopic (exact) mass is 568 g/mol. The average molecular weight is 569 g/mol. The van der Waals surface area contributed by atoms with Crippen LogP contribution in [0.5, 0.6) is 0 Å². The number of nitrogens with one attached hydrogen (secondary N) is 1. The van der Waals surface area contributed by atoms with Crippen LogP contribution in [0.3, 0.4) is 0 Å². The number of amides is 1. The number of benzene rings is 1. The summed E-state index contributed by atoms with van der Waals surface area (Å²) >= 11 is 7.64. The lowest BCUT2D eigenvalue weighted by Crippen LogP contribution is -2.47. The summed E-state index contributed by atoms with van der Waals surface area (Å²) in [6.07, 6.45) is 1.43. The van der Waals surface area contributed by atoms with Gasteiger partial charge in [-0.2, -0.15) is 0 Å². The zero-order valence-electron chi connectivity index (χ0n) is 17.6. The van der Waals surface area contributed by atoms with Gasteiger partial charge in [0.05, 0.1) is 13.0 Å². The predicted molar refractivity (Wildman–Crippen MR) is 133 cm³/mol. The third kappa shape index (κ3) is 8.89. The number of guanidine groups is 1. The fraction of sp³-hybridized carbons (Fsp3) is 0.550. The maximum atomic E-state index is 11.9. The number of methoxy groups -OCH3 is 1. The number of ether oxygens (including phenoxy) is 1. The van der Waals surface area contributed by atoms with Crippen molar-refractivity contribution >= 4 is 65.2 Å². The van der Waals surface area contributed by atoms with Gasteiger partial charge in [0.25, 0.3) is 0 Å². The van der Waals surface area contributed by atoms with Crippen molar-refractivity contribution in [2.24, 2.45) is 10.9 Å². The SMILES string of the molecule is COC(=O)C1CCN(C(=NCC(=O)N(C)C)NCCSc2ccc(Cl)cc2)CC1.I. The number of likely N-dealkylation sites (N-methyl/N-ethyl adjacent to an activating group) is 1. The molecule has 1 aliphatic heterocycles. The molecule has 0 saturated carbocycles. The van der Waals surface area contributed by atoms with Crippen molar-refractivity contribution in [1.29, 1.82) is 0 Å². The van der Waals surface area contributed by atoms with Crippen LogP contribution in [0.15, 0.2) is 34.2 Å². The van der Waals surface area contributed by atoms with Crippen molar-refractivity contribution in [2.45, 2.75) is 17.7 Å². The molecular formula is C20H30ClIN4O3S. The first-order valence-electron chi connectivity index (χ1n) is 9.60. The molecule has 10 heteroatoms. The number of rotatable bonds is 7. The van der Waals surface area contributed by atoms with Gasteiger partial charge in [-0.15, -0.1) is 35.7 Å². The highest BCUT2D eigenvalue weighted by Crippen LogP contribution is 2.20. The normalized spacial score (nSPS) is 14.7. The number of piperidine rings is 1. The van der Waals surface area contributed by atoms with E-state index in [0.29, 0.717) is 38.4 Å². The van der Waals surface area contributed by atoms with Gasteiger partial charge in [-0.1, -0.05) is 11.6 Å². The molecule has 7 nitrogen and oxygen atoms in total. The Bertz CT molecular complexity index is 711. The van der Waals surface area contributed by atoms with Crippen molar-refractivity contribution in [3.63, 3.8) is 0 Å². The summed E-state index contributed by atoms with van der Waals surface area (Å²) in [7, 11) is 4.86. The molecule has 1 aromatic rings. The second-order valence-electron chi connectivity index (χ2n) is 6.94. The molecule has 30 heavy (non-hydrogen) atoms. The van der Waals surface area contributed by atoms with Gasteiger partial charge in [0.2, 0.25) is 5.91 Å². The Hall–Kier alpha value is -1.20. The number of halogens is 2. The highest BCUT2D eigenvalue weighted by Gasteiger charge is 2.27. The van der Waals surface area contributed by atoms with E-state index in [1.54, 1.807) is 25.9 Å². The minimum absolute atomic E-state index is 0. The Morgan fingerprint density at radius 2 is 1.90 bits per heavy atom. The van der Waals surface area contributed by atoms with Gasteiger partial charge in [-0.3, -0.25) is 9.59 Å². The van der Waals surface area contributed by atoms with Gasteiger partial charge in [0.15, 0.2) is 5.96 Å². The molecule has 0 atom stereocenters. The molecule has 168 valence electrons. The van der Waals surface area contributed by atoms with E-state index in [1.165, 1.54) is 12.0 Å². The van der Waals surface area contributed by atoms with Crippen LogP contribution < -0.4 is 5.32 Å². The number of carbonyl (C=O) groups is 2. The van der Waals surface area contributed by atoms with Crippen molar-refractivity contribution in [1.82, 2.24) is 15.1 Å². The van der Waals surface area contributed by atoms with E-state index < -0.39 is 0 Å². The average Bonchev–Trinajstić information content (AvgIpc) is 2.73. The fourth-order valence-electron chi connectivity index (χ4n) is 2.91. The van der Waals surface area contributed by atoms with Crippen LogP contribution in [0.1, 0.15) is 12.8 Å². The van der Waals surface area contributed by atoms with E-state index >= 15 is 0 Å². The maximum absolute atomic E-state index is 11.9. The van der Waals surface area contributed by atoms with Crippen LogP contribution >= 0.6 is 47.3 Å². The minimum Gasteiger partial charge on any atom is -0.469 e. The number of nitrogens with zero attached hydrogens (tertiary/aromatic N) is 3. The predicted octanol–water partition coefficient (Wildman–Crippen LogP) is 2.97. The molecule has 0 spiro atoms. The lowest BCUT2D eigenvalue weighted by atomic mass is 9.97. The van der Waals surface area contributed by atoms with Crippen LogP contribution in [0.25, 0.3) is 0 Å². The van der Waals surface area contributed by atoms with E-state index in [4.69, 9.17) is 16.3 Å². The first-order valence-corrected chi connectivity index (χ1v) is 11.0. The van der Waals surface area contributed by atoms with Gasteiger partial charge in [0, 0.05) is 49.4 Å². The van der Waals surface area contributed by atoms with Crippen molar-refractivity contribution in [2.75, 3.05) is 53.1 Å². The lowest BCUT2D eigenvalue weighted by molar-refractivity contribution is -0.146. The number of hydrogen-bond acceptors (Lipinski definition) is 5.